The summed E-state index contributed by atoms with van der Waals surface area (Å²) in [6.07, 6.45) is 1.54. The minimum Gasteiger partial charge on any atom is -0.467 e. The third-order valence-corrected chi connectivity index (χ3v) is 8.83. The predicted octanol–water partition coefficient (Wildman–Crippen LogP) is 6.13. The summed E-state index contributed by atoms with van der Waals surface area (Å²) in [4.78, 5) is 29.3. The number of aromatic nitrogens is 2. The van der Waals surface area contributed by atoms with Gasteiger partial charge >= 0.3 is 0 Å². The van der Waals surface area contributed by atoms with Crippen molar-refractivity contribution in [2.24, 2.45) is 0 Å². The molecule has 4 heterocycles. The maximum absolute atomic E-state index is 15.3. The van der Waals surface area contributed by atoms with E-state index in [0.29, 0.717) is 28.4 Å². The fourth-order valence-corrected chi connectivity index (χ4v) is 6.76. The van der Waals surface area contributed by atoms with Crippen LogP contribution in [-0.4, -0.2) is 33.9 Å². The maximum Gasteiger partial charge on any atom is 0.240 e. The molecule has 0 bridgehead atoms. The van der Waals surface area contributed by atoms with Gasteiger partial charge in [0.2, 0.25) is 11.8 Å². The number of halogens is 1. The highest BCUT2D eigenvalue weighted by Gasteiger charge is 2.38. The van der Waals surface area contributed by atoms with E-state index in [4.69, 9.17) is 9.52 Å². The Morgan fingerprint density at radius 1 is 1.10 bits per heavy atom. The van der Waals surface area contributed by atoms with Crippen molar-refractivity contribution in [2.75, 3.05) is 17.2 Å². The number of carbonyl (C=O) groups is 2. The number of fused-ring (bicyclic) bond motifs is 1. The number of benzene rings is 2. The molecule has 3 aromatic heterocycles. The van der Waals surface area contributed by atoms with Crippen molar-refractivity contribution in [3.05, 3.63) is 113 Å². The molecule has 0 radical (unpaired) electrons. The van der Waals surface area contributed by atoms with E-state index in [-0.39, 0.29) is 36.5 Å². The molecule has 0 fully saturated rings. The van der Waals surface area contributed by atoms with Gasteiger partial charge in [0.25, 0.3) is 0 Å². The third kappa shape index (κ3) is 4.96. The van der Waals surface area contributed by atoms with Crippen LogP contribution in [0.5, 0.6) is 0 Å². The number of anilines is 1. The fourth-order valence-electron chi connectivity index (χ4n) is 4.82. The van der Waals surface area contributed by atoms with Crippen LogP contribution in [0.15, 0.2) is 88.9 Å². The summed E-state index contributed by atoms with van der Waals surface area (Å²) >= 11 is 2.86. The van der Waals surface area contributed by atoms with Crippen molar-refractivity contribution < 1.29 is 18.4 Å². The lowest BCUT2D eigenvalue weighted by atomic mass is 10.0. The SMILES string of the molecule is Cc1ccccc1-n1nc(-c2cccs2)c2c1N(CC(=O)NCc1ccco1)C(=O)CS[C@@H]2c1ccccc1F. The Morgan fingerprint density at radius 2 is 1.93 bits per heavy atom. The Labute approximate surface area is 238 Å². The molecule has 0 saturated carbocycles. The standard InChI is InChI=1S/C30H25FN4O3S2/c1-19-8-2-5-12-23(19)35-30-27(28(33-35)24-13-7-15-39-24)29(21-10-3-4-11-22(21)31)40-18-26(37)34(30)17-25(36)32-16-20-9-6-14-38-20/h2-15,29H,16-18H2,1H3,(H,32,36)/t29-/m1/s1. The Hall–Kier alpha value is -4.15. The number of amides is 2. The second-order valence-electron chi connectivity index (χ2n) is 9.31. The molecule has 1 N–H and O–H groups in total. The first-order chi connectivity index (χ1) is 19.5. The van der Waals surface area contributed by atoms with E-state index in [2.05, 4.69) is 5.32 Å². The average Bonchev–Trinajstić information content (AvgIpc) is 3.72. The normalized spacial score (nSPS) is 15.1. The van der Waals surface area contributed by atoms with Gasteiger partial charge in [-0.05, 0) is 48.2 Å². The van der Waals surface area contributed by atoms with Gasteiger partial charge < -0.3 is 9.73 Å². The lowest BCUT2D eigenvalue weighted by Gasteiger charge is -2.23. The molecular weight excluding hydrogens is 547 g/mol. The molecule has 6 rings (SSSR count). The molecule has 0 spiro atoms. The van der Waals surface area contributed by atoms with Gasteiger partial charge in [0.05, 0.1) is 34.4 Å². The first-order valence-electron chi connectivity index (χ1n) is 12.7. The van der Waals surface area contributed by atoms with Crippen LogP contribution in [0.3, 0.4) is 0 Å². The molecule has 10 heteroatoms. The van der Waals surface area contributed by atoms with Gasteiger partial charge in [-0.2, -0.15) is 5.10 Å². The molecule has 2 aromatic carbocycles. The molecule has 7 nitrogen and oxygen atoms in total. The number of rotatable bonds is 7. The van der Waals surface area contributed by atoms with Crippen molar-refractivity contribution >= 4 is 40.7 Å². The monoisotopic (exact) mass is 572 g/mol. The number of aryl methyl sites for hydroxylation is 1. The number of para-hydroxylation sites is 1. The number of thioether (sulfide) groups is 1. The number of thiophene rings is 1. The molecule has 0 saturated heterocycles. The molecule has 1 atom stereocenters. The number of hydrogen-bond acceptors (Lipinski definition) is 6. The topological polar surface area (TPSA) is 80.4 Å². The minimum atomic E-state index is -0.522. The van der Waals surface area contributed by atoms with E-state index in [1.807, 2.05) is 48.7 Å². The molecule has 202 valence electrons. The third-order valence-electron chi connectivity index (χ3n) is 6.72. The van der Waals surface area contributed by atoms with Crippen LogP contribution in [0.2, 0.25) is 0 Å². The first kappa shape index (κ1) is 26.1. The molecule has 5 aromatic rings. The molecule has 0 unspecified atom stereocenters. The van der Waals surface area contributed by atoms with Gasteiger partial charge in [-0.15, -0.1) is 23.1 Å². The van der Waals surface area contributed by atoms with E-state index >= 15 is 4.39 Å². The van der Waals surface area contributed by atoms with Gasteiger partial charge in [0.1, 0.15) is 29.6 Å². The lowest BCUT2D eigenvalue weighted by Crippen LogP contribution is -2.42. The highest BCUT2D eigenvalue weighted by Crippen LogP contribution is 2.49. The predicted molar refractivity (Wildman–Crippen MR) is 155 cm³/mol. The van der Waals surface area contributed by atoms with Crippen molar-refractivity contribution in [3.8, 4) is 16.3 Å². The van der Waals surface area contributed by atoms with Crippen LogP contribution in [0, 0.1) is 12.7 Å². The summed E-state index contributed by atoms with van der Waals surface area (Å²) in [7, 11) is 0. The van der Waals surface area contributed by atoms with Gasteiger partial charge in [-0.3, -0.25) is 14.5 Å². The summed E-state index contributed by atoms with van der Waals surface area (Å²) in [5.74, 6) is 0.178. The van der Waals surface area contributed by atoms with Crippen LogP contribution in [0.25, 0.3) is 16.3 Å². The Bertz CT molecular complexity index is 1660. The Morgan fingerprint density at radius 3 is 2.67 bits per heavy atom. The van der Waals surface area contributed by atoms with E-state index < -0.39 is 5.25 Å². The smallest absolute Gasteiger partial charge is 0.240 e. The van der Waals surface area contributed by atoms with E-state index in [9.17, 15) is 9.59 Å². The highest BCUT2D eigenvalue weighted by atomic mass is 32.2. The van der Waals surface area contributed by atoms with Gasteiger partial charge in [-0.25, -0.2) is 9.07 Å². The summed E-state index contributed by atoms with van der Waals surface area (Å²) in [5, 5.41) is 9.32. The van der Waals surface area contributed by atoms with Crippen molar-refractivity contribution in [2.45, 2.75) is 18.7 Å². The zero-order chi connectivity index (χ0) is 27.6. The number of carbonyl (C=O) groups excluding carboxylic acids is 2. The average molecular weight is 573 g/mol. The molecule has 0 aliphatic carbocycles. The highest BCUT2D eigenvalue weighted by molar-refractivity contribution is 8.00. The Balaban J connectivity index is 1.54. The summed E-state index contributed by atoms with van der Waals surface area (Å²) < 4.78 is 22.4. The quantitative estimate of drug-likeness (QED) is 0.254. The summed E-state index contributed by atoms with van der Waals surface area (Å²) in [6, 6.07) is 21.8. The molecule has 2 amide bonds. The van der Waals surface area contributed by atoms with E-state index in [1.165, 1.54) is 34.1 Å². The molecule has 40 heavy (non-hydrogen) atoms. The van der Waals surface area contributed by atoms with E-state index in [0.717, 1.165) is 16.1 Å². The lowest BCUT2D eigenvalue weighted by molar-refractivity contribution is -0.123. The number of nitrogens with one attached hydrogen (secondary N) is 1. The van der Waals surface area contributed by atoms with Crippen LogP contribution < -0.4 is 10.2 Å². The molecule has 1 aliphatic rings. The fraction of sp³-hybridized carbons (Fsp3) is 0.167. The molecular formula is C30H25FN4O3S2. The van der Waals surface area contributed by atoms with Gasteiger partial charge in [0.15, 0.2) is 0 Å². The maximum atomic E-state index is 15.3. The first-order valence-corrected chi connectivity index (χ1v) is 14.6. The van der Waals surface area contributed by atoms with Crippen molar-refractivity contribution in [3.63, 3.8) is 0 Å². The van der Waals surface area contributed by atoms with Crippen LogP contribution in [-0.2, 0) is 16.1 Å². The minimum absolute atomic E-state index is 0.0663. The largest absolute Gasteiger partial charge is 0.467 e. The van der Waals surface area contributed by atoms with Gasteiger partial charge in [-0.1, -0.05) is 42.5 Å². The Kier molecular flexibility index (Phi) is 7.27. The zero-order valence-electron chi connectivity index (χ0n) is 21.5. The summed E-state index contributed by atoms with van der Waals surface area (Å²) in [6.45, 7) is 1.94. The molecule has 1 aliphatic heterocycles. The summed E-state index contributed by atoms with van der Waals surface area (Å²) in [5.41, 5.74) is 3.54. The van der Waals surface area contributed by atoms with Crippen LogP contribution in [0.1, 0.15) is 27.7 Å². The number of furan rings is 1. The van der Waals surface area contributed by atoms with Crippen LogP contribution in [0.4, 0.5) is 10.2 Å². The number of hydrogen-bond donors (Lipinski definition) is 1. The van der Waals surface area contributed by atoms with E-state index in [1.54, 1.807) is 41.3 Å². The van der Waals surface area contributed by atoms with Crippen molar-refractivity contribution in [1.29, 1.82) is 0 Å². The van der Waals surface area contributed by atoms with Crippen molar-refractivity contribution in [1.82, 2.24) is 15.1 Å². The number of nitrogens with zero attached hydrogens (tertiary/aromatic N) is 3. The van der Waals surface area contributed by atoms with Crippen LogP contribution >= 0.6 is 23.1 Å². The zero-order valence-corrected chi connectivity index (χ0v) is 23.2. The second-order valence-corrected chi connectivity index (χ2v) is 11.4. The van der Waals surface area contributed by atoms with Gasteiger partial charge in [0, 0.05) is 11.1 Å². The second kappa shape index (κ2) is 11.1.